The van der Waals surface area contributed by atoms with E-state index in [-0.39, 0.29) is 5.69 Å². The Bertz CT molecular complexity index is 401. The molecule has 1 aliphatic heterocycles. The first kappa shape index (κ1) is 11.8. The van der Waals surface area contributed by atoms with Crippen molar-refractivity contribution < 1.29 is 4.79 Å². The minimum atomic E-state index is -0.533. The minimum absolute atomic E-state index is 0.249. The van der Waals surface area contributed by atoms with Crippen LogP contribution in [0.25, 0.3) is 0 Å². The first-order valence-corrected chi connectivity index (χ1v) is 5.78. The fourth-order valence-electron chi connectivity index (χ4n) is 2.12. The molecule has 6 nitrogen and oxygen atoms in total. The van der Waals surface area contributed by atoms with Crippen LogP contribution in [-0.4, -0.2) is 35.5 Å². The van der Waals surface area contributed by atoms with Gasteiger partial charge in [-0.15, -0.1) is 0 Å². The second-order valence-electron chi connectivity index (χ2n) is 4.26. The van der Waals surface area contributed by atoms with E-state index >= 15 is 0 Å². The third-order valence-electron chi connectivity index (χ3n) is 3.16. The van der Waals surface area contributed by atoms with Gasteiger partial charge in [0.25, 0.3) is 5.91 Å². The predicted molar refractivity (Wildman–Crippen MR) is 64.5 cm³/mol. The first-order chi connectivity index (χ1) is 8.22. The van der Waals surface area contributed by atoms with Gasteiger partial charge in [-0.3, -0.25) is 4.79 Å². The van der Waals surface area contributed by atoms with Crippen molar-refractivity contribution in [3.8, 4) is 0 Å². The zero-order chi connectivity index (χ0) is 12.3. The standard InChI is InChI=1S/C11H17N5O/c12-7-8-1-5-16(6-2-8)11-9(10(13)17)14-3-4-15-11/h3-4,8H,1-2,5-7,12H2,(H2,13,17). The Hall–Kier alpha value is -1.69. The topological polar surface area (TPSA) is 98.1 Å². The SMILES string of the molecule is NCC1CCN(c2nccnc2C(N)=O)CC1. The van der Waals surface area contributed by atoms with E-state index in [1.165, 1.54) is 6.20 Å². The van der Waals surface area contributed by atoms with Gasteiger partial charge in [0.2, 0.25) is 0 Å². The summed E-state index contributed by atoms with van der Waals surface area (Å²) in [7, 11) is 0. The van der Waals surface area contributed by atoms with Gasteiger partial charge in [-0.25, -0.2) is 9.97 Å². The van der Waals surface area contributed by atoms with Crippen LogP contribution in [0.1, 0.15) is 23.3 Å². The van der Waals surface area contributed by atoms with E-state index in [0.717, 1.165) is 32.5 Å². The summed E-state index contributed by atoms with van der Waals surface area (Å²) in [6.45, 7) is 2.42. The van der Waals surface area contributed by atoms with E-state index in [1.54, 1.807) is 6.20 Å². The number of carbonyl (C=O) groups excluding carboxylic acids is 1. The number of aromatic nitrogens is 2. The van der Waals surface area contributed by atoms with Gasteiger partial charge in [0.1, 0.15) is 0 Å². The number of piperidine rings is 1. The van der Waals surface area contributed by atoms with Crippen LogP contribution in [0, 0.1) is 5.92 Å². The van der Waals surface area contributed by atoms with Gasteiger partial charge in [0, 0.05) is 25.5 Å². The van der Waals surface area contributed by atoms with E-state index in [9.17, 15) is 4.79 Å². The van der Waals surface area contributed by atoms with Crippen molar-refractivity contribution >= 4 is 11.7 Å². The van der Waals surface area contributed by atoms with Crippen LogP contribution in [0.3, 0.4) is 0 Å². The highest BCUT2D eigenvalue weighted by molar-refractivity contribution is 5.95. The van der Waals surface area contributed by atoms with Crippen LogP contribution in [0.5, 0.6) is 0 Å². The Kier molecular flexibility index (Phi) is 3.53. The summed E-state index contributed by atoms with van der Waals surface area (Å²) in [6, 6.07) is 0. The molecule has 92 valence electrons. The number of primary amides is 1. The molecule has 0 bridgehead atoms. The van der Waals surface area contributed by atoms with Crippen LogP contribution >= 0.6 is 0 Å². The van der Waals surface area contributed by atoms with Gasteiger partial charge in [0.15, 0.2) is 11.5 Å². The van der Waals surface area contributed by atoms with E-state index in [4.69, 9.17) is 11.5 Å². The van der Waals surface area contributed by atoms with Crippen LogP contribution in [0.4, 0.5) is 5.82 Å². The van der Waals surface area contributed by atoms with Gasteiger partial charge in [0.05, 0.1) is 0 Å². The average molecular weight is 235 g/mol. The molecule has 0 unspecified atom stereocenters. The highest BCUT2D eigenvalue weighted by atomic mass is 16.1. The molecule has 0 atom stereocenters. The third-order valence-corrected chi connectivity index (χ3v) is 3.16. The van der Waals surface area contributed by atoms with Crippen molar-refractivity contribution in [2.45, 2.75) is 12.8 Å². The summed E-state index contributed by atoms with van der Waals surface area (Å²) in [5.41, 5.74) is 11.2. The van der Waals surface area contributed by atoms with E-state index in [2.05, 4.69) is 14.9 Å². The lowest BCUT2D eigenvalue weighted by Gasteiger charge is -2.32. The molecule has 2 heterocycles. The van der Waals surface area contributed by atoms with Crippen molar-refractivity contribution in [2.24, 2.45) is 17.4 Å². The maximum Gasteiger partial charge on any atom is 0.271 e. The Morgan fingerprint density at radius 1 is 1.35 bits per heavy atom. The Labute approximate surface area is 100 Å². The number of amides is 1. The molecule has 0 saturated carbocycles. The maximum absolute atomic E-state index is 11.3. The third kappa shape index (κ3) is 2.52. The lowest BCUT2D eigenvalue weighted by molar-refractivity contribution is 0.0995. The van der Waals surface area contributed by atoms with Gasteiger partial charge < -0.3 is 16.4 Å². The predicted octanol–water partition coefficient (Wildman–Crippen LogP) is -0.249. The number of nitrogens with two attached hydrogens (primary N) is 2. The average Bonchev–Trinajstić information content (AvgIpc) is 2.39. The van der Waals surface area contributed by atoms with Crippen LogP contribution in [0.15, 0.2) is 12.4 Å². The van der Waals surface area contributed by atoms with E-state index < -0.39 is 5.91 Å². The largest absolute Gasteiger partial charge is 0.364 e. The second-order valence-corrected chi connectivity index (χ2v) is 4.26. The molecule has 0 radical (unpaired) electrons. The molecule has 6 heteroatoms. The van der Waals surface area contributed by atoms with E-state index in [0.29, 0.717) is 11.7 Å². The number of nitrogens with zero attached hydrogens (tertiary/aromatic N) is 3. The van der Waals surface area contributed by atoms with Gasteiger partial charge in [-0.1, -0.05) is 0 Å². The summed E-state index contributed by atoms with van der Waals surface area (Å²) in [5.74, 6) is 0.629. The zero-order valence-corrected chi connectivity index (χ0v) is 9.67. The van der Waals surface area contributed by atoms with E-state index in [1.807, 2.05) is 0 Å². The molecular formula is C11H17N5O. The Morgan fingerprint density at radius 2 is 2.00 bits per heavy atom. The molecule has 4 N–H and O–H groups in total. The number of carbonyl (C=O) groups is 1. The maximum atomic E-state index is 11.3. The summed E-state index contributed by atoms with van der Waals surface area (Å²) < 4.78 is 0. The molecule has 1 aromatic heterocycles. The fraction of sp³-hybridized carbons (Fsp3) is 0.545. The normalized spacial score (nSPS) is 17.1. The Balaban J connectivity index is 2.15. The molecule has 0 aromatic carbocycles. The fourth-order valence-corrected chi connectivity index (χ4v) is 2.12. The summed E-state index contributed by atoms with van der Waals surface area (Å²) in [6.07, 6.45) is 5.10. The van der Waals surface area contributed by atoms with Crippen molar-refractivity contribution in [2.75, 3.05) is 24.5 Å². The molecule has 1 fully saturated rings. The molecule has 1 saturated heterocycles. The molecule has 0 spiro atoms. The van der Waals surface area contributed by atoms with Crippen LogP contribution in [0.2, 0.25) is 0 Å². The van der Waals surface area contributed by atoms with Crippen LogP contribution in [-0.2, 0) is 0 Å². The monoisotopic (exact) mass is 235 g/mol. The van der Waals surface area contributed by atoms with Gasteiger partial charge in [-0.2, -0.15) is 0 Å². The van der Waals surface area contributed by atoms with Crippen LogP contribution < -0.4 is 16.4 Å². The molecule has 0 aliphatic carbocycles. The second kappa shape index (κ2) is 5.09. The number of hydrogen-bond acceptors (Lipinski definition) is 5. The quantitative estimate of drug-likeness (QED) is 0.752. The highest BCUT2D eigenvalue weighted by Crippen LogP contribution is 2.22. The highest BCUT2D eigenvalue weighted by Gasteiger charge is 2.22. The molecule has 1 aliphatic rings. The first-order valence-electron chi connectivity index (χ1n) is 5.78. The lowest BCUT2D eigenvalue weighted by atomic mass is 9.97. The molecule has 2 rings (SSSR count). The van der Waals surface area contributed by atoms with Gasteiger partial charge >= 0.3 is 0 Å². The van der Waals surface area contributed by atoms with Crippen molar-refractivity contribution in [3.05, 3.63) is 18.1 Å². The van der Waals surface area contributed by atoms with Crippen molar-refractivity contribution in [1.82, 2.24) is 9.97 Å². The van der Waals surface area contributed by atoms with Crippen molar-refractivity contribution in [3.63, 3.8) is 0 Å². The smallest absolute Gasteiger partial charge is 0.271 e. The molecule has 1 amide bonds. The summed E-state index contributed by atoms with van der Waals surface area (Å²) in [5, 5.41) is 0. The summed E-state index contributed by atoms with van der Waals surface area (Å²) >= 11 is 0. The number of rotatable bonds is 3. The zero-order valence-electron chi connectivity index (χ0n) is 9.67. The van der Waals surface area contributed by atoms with Crippen molar-refractivity contribution in [1.29, 1.82) is 0 Å². The summed E-state index contributed by atoms with van der Waals surface area (Å²) in [4.78, 5) is 21.5. The molecule has 17 heavy (non-hydrogen) atoms. The Morgan fingerprint density at radius 3 is 2.59 bits per heavy atom. The number of hydrogen-bond donors (Lipinski definition) is 2. The lowest BCUT2D eigenvalue weighted by Crippen LogP contribution is -2.38. The molecule has 1 aromatic rings. The number of anilines is 1. The van der Waals surface area contributed by atoms with Gasteiger partial charge in [-0.05, 0) is 25.3 Å². The minimum Gasteiger partial charge on any atom is -0.364 e. The molecular weight excluding hydrogens is 218 g/mol.